The monoisotopic (exact) mass is 247 g/mol. The highest BCUT2D eigenvalue weighted by molar-refractivity contribution is 5.33. The fourth-order valence-corrected chi connectivity index (χ4v) is 2.46. The molecule has 0 spiro atoms. The molecule has 1 aliphatic rings. The fraction of sp³-hybridized carbons (Fsp3) is 0.625. The van der Waals surface area contributed by atoms with Crippen molar-refractivity contribution in [2.45, 2.75) is 39.2 Å². The third-order valence-corrected chi connectivity index (χ3v) is 3.57. The van der Waals surface area contributed by atoms with E-state index in [2.05, 4.69) is 43.4 Å². The van der Waals surface area contributed by atoms with Gasteiger partial charge in [0.05, 0.1) is 6.61 Å². The van der Waals surface area contributed by atoms with E-state index in [1.165, 1.54) is 24.0 Å². The zero-order valence-corrected chi connectivity index (χ0v) is 11.6. The normalized spacial score (nSPS) is 15.3. The summed E-state index contributed by atoms with van der Waals surface area (Å²) in [7, 11) is 0. The van der Waals surface area contributed by atoms with E-state index in [0.717, 1.165) is 32.1 Å². The van der Waals surface area contributed by atoms with Crippen LogP contribution in [0.1, 0.15) is 31.4 Å². The minimum Gasteiger partial charge on any atom is -0.380 e. The van der Waals surface area contributed by atoms with Crippen LogP contribution in [0, 0.1) is 5.92 Å². The van der Waals surface area contributed by atoms with Gasteiger partial charge in [-0.05, 0) is 36.3 Å². The molecule has 0 unspecified atom stereocenters. The van der Waals surface area contributed by atoms with Gasteiger partial charge in [0.2, 0.25) is 0 Å². The predicted molar refractivity (Wildman–Crippen MR) is 75.9 cm³/mol. The Morgan fingerprint density at radius 1 is 1.17 bits per heavy atom. The van der Waals surface area contributed by atoms with Crippen LogP contribution >= 0.6 is 0 Å². The van der Waals surface area contributed by atoms with Crippen LogP contribution in [-0.4, -0.2) is 25.8 Å². The molecule has 0 amide bonds. The summed E-state index contributed by atoms with van der Waals surface area (Å²) in [6.07, 6.45) is 3.50. The summed E-state index contributed by atoms with van der Waals surface area (Å²) in [5, 5.41) is 3.59. The first-order valence-electron chi connectivity index (χ1n) is 7.13. The van der Waals surface area contributed by atoms with E-state index in [4.69, 9.17) is 4.74 Å². The average molecular weight is 247 g/mol. The van der Waals surface area contributed by atoms with Gasteiger partial charge in [-0.1, -0.05) is 38.1 Å². The van der Waals surface area contributed by atoms with Crippen molar-refractivity contribution >= 4 is 0 Å². The summed E-state index contributed by atoms with van der Waals surface area (Å²) in [6, 6.07) is 9.37. The molecule has 1 N–H and O–H groups in total. The summed E-state index contributed by atoms with van der Waals surface area (Å²) < 4.78 is 5.62. The molecular formula is C16H25NO. The Hall–Kier alpha value is -0.860. The van der Waals surface area contributed by atoms with Crippen molar-refractivity contribution in [1.29, 1.82) is 0 Å². The van der Waals surface area contributed by atoms with Gasteiger partial charge in [0.15, 0.2) is 0 Å². The zero-order valence-electron chi connectivity index (χ0n) is 11.6. The molecule has 18 heavy (non-hydrogen) atoms. The molecule has 2 rings (SSSR count). The van der Waals surface area contributed by atoms with Crippen LogP contribution in [0.4, 0.5) is 0 Å². The highest BCUT2D eigenvalue weighted by Gasteiger charge is 2.19. The van der Waals surface area contributed by atoms with Crippen molar-refractivity contribution in [1.82, 2.24) is 5.32 Å². The Labute approximate surface area is 111 Å². The minimum atomic E-state index is 0.607. The fourth-order valence-electron chi connectivity index (χ4n) is 2.46. The SMILES string of the molecule is CC(C)CCOCCNC1Cc2ccccc2C1. The van der Waals surface area contributed by atoms with Crippen molar-refractivity contribution in [2.24, 2.45) is 5.92 Å². The topological polar surface area (TPSA) is 21.3 Å². The molecule has 0 aromatic heterocycles. The lowest BCUT2D eigenvalue weighted by molar-refractivity contribution is 0.123. The van der Waals surface area contributed by atoms with Crippen molar-refractivity contribution in [3.63, 3.8) is 0 Å². The van der Waals surface area contributed by atoms with Crippen molar-refractivity contribution in [3.05, 3.63) is 35.4 Å². The highest BCUT2D eigenvalue weighted by Crippen LogP contribution is 2.21. The number of rotatable bonds is 7. The van der Waals surface area contributed by atoms with Gasteiger partial charge in [-0.15, -0.1) is 0 Å². The molecule has 1 aliphatic carbocycles. The molecule has 0 bridgehead atoms. The van der Waals surface area contributed by atoms with Gasteiger partial charge in [-0.2, -0.15) is 0 Å². The van der Waals surface area contributed by atoms with Crippen LogP contribution in [0.25, 0.3) is 0 Å². The molecule has 2 heteroatoms. The average Bonchev–Trinajstić information content (AvgIpc) is 2.75. The van der Waals surface area contributed by atoms with E-state index < -0.39 is 0 Å². The van der Waals surface area contributed by atoms with Crippen LogP contribution in [-0.2, 0) is 17.6 Å². The molecule has 0 fully saturated rings. The second-order valence-electron chi connectivity index (χ2n) is 5.62. The maximum atomic E-state index is 5.62. The first-order chi connectivity index (χ1) is 8.75. The van der Waals surface area contributed by atoms with Crippen LogP contribution < -0.4 is 5.32 Å². The van der Waals surface area contributed by atoms with Gasteiger partial charge in [0.25, 0.3) is 0 Å². The maximum Gasteiger partial charge on any atom is 0.0591 e. The molecule has 0 heterocycles. The largest absolute Gasteiger partial charge is 0.380 e. The Balaban J connectivity index is 1.57. The number of fused-ring (bicyclic) bond motifs is 1. The third-order valence-electron chi connectivity index (χ3n) is 3.57. The molecule has 100 valence electrons. The van der Waals surface area contributed by atoms with Crippen LogP contribution in [0.2, 0.25) is 0 Å². The molecule has 2 nitrogen and oxygen atoms in total. The standard InChI is InChI=1S/C16H25NO/c1-13(2)7-9-18-10-8-17-16-11-14-5-3-4-6-15(14)12-16/h3-6,13,16-17H,7-12H2,1-2H3. The van der Waals surface area contributed by atoms with Gasteiger partial charge in [-0.25, -0.2) is 0 Å². The summed E-state index contributed by atoms with van der Waals surface area (Å²) in [4.78, 5) is 0. The molecule has 0 aliphatic heterocycles. The lowest BCUT2D eigenvalue weighted by Crippen LogP contribution is -2.32. The third kappa shape index (κ3) is 4.11. The van der Waals surface area contributed by atoms with Gasteiger partial charge in [0.1, 0.15) is 0 Å². The molecular weight excluding hydrogens is 222 g/mol. The number of nitrogens with one attached hydrogen (secondary N) is 1. The molecule has 0 saturated heterocycles. The van der Waals surface area contributed by atoms with Crippen LogP contribution in [0.15, 0.2) is 24.3 Å². The number of benzene rings is 1. The molecule has 1 aromatic carbocycles. The van der Waals surface area contributed by atoms with E-state index in [-0.39, 0.29) is 0 Å². The first kappa shape index (κ1) is 13.6. The molecule has 0 atom stereocenters. The van der Waals surface area contributed by atoms with Crippen LogP contribution in [0.5, 0.6) is 0 Å². The molecule has 0 saturated carbocycles. The van der Waals surface area contributed by atoms with E-state index in [9.17, 15) is 0 Å². The van der Waals surface area contributed by atoms with Gasteiger partial charge in [-0.3, -0.25) is 0 Å². The molecule has 1 aromatic rings. The van der Waals surface area contributed by atoms with E-state index in [0.29, 0.717) is 6.04 Å². The zero-order chi connectivity index (χ0) is 12.8. The minimum absolute atomic E-state index is 0.607. The number of hydrogen-bond donors (Lipinski definition) is 1. The van der Waals surface area contributed by atoms with E-state index >= 15 is 0 Å². The van der Waals surface area contributed by atoms with Crippen molar-refractivity contribution in [2.75, 3.05) is 19.8 Å². The summed E-state index contributed by atoms with van der Waals surface area (Å²) >= 11 is 0. The quantitative estimate of drug-likeness (QED) is 0.748. The lowest BCUT2D eigenvalue weighted by atomic mass is 10.1. The number of ether oxygens (including phenoxy) is 1. The van der Waals surface area contributed by atoms with Crippen LogP contribution in [0.3, 0.4) is 0 Å². The molecule has 0 radical (unpaired) electrons. The Bertz CT molecular complexity index is 337. The number of hydrogen-bond acceptors (Lipinski definition) is 2. The van der Waals surface area contributed by atoms with Crippen molar-refractivity contribution in [3.8, 4) is 0 Å². The predicted octanol–water partition coefficient (Wildman–Crippen LogP) is 2.81. The van der Waals surface area contributed by atoms with E-state index in [1.807, 2.05) is 0 Å². The second-order valence-corrected chi connectivity index (χ2v) is 5.62. The Kier molecular flexibility index (Phi) is 5.21. The lowest BCUT2D eigenvalue weighted by Gasteiger charge is -2.12. The Morgan fingerprint density at radius 2 is 1.83 bits per heavy atom. The summed E-state index contributed by atoms with van der Waals surface area (Å²) in [6.45, 7) is 7.16. The summed E-state index contributed by atoms with van der Waals surface area (Å²) in [5.74, 6) is 0.738. The second kappa shape index (κ2) is 6.91. The summed E-state index contributed by atoms with van der Waals surface area (Å²) in [5.41, 5.74) is 3.02. The van der Waals surface area contributed by atoms with Gasteiger partial charge < -0.3 is 10.1 Å². The first-order valence-corrected chi connectivity index (χ1v) is 7.13. The van der Waals surface area contributed by atoms with Gasteiger partial charge >= 0.3 is 0 Å². The maximum absolute atomic E-state index is 5.62. The Morgan fingerprint density at radius 3 is 2.44 bits per heavy atom. The van der Waals surface area contributed by atoms with Gasteiger partial charge in [0, 0.05) is 19.2 Å². The highest BCUT2D eigenvalue weighted by atomic mass is 16.5. The van der Waals surface area contributed by atoms with E-state index in [1.54, 1.807) is 0 Å². The smallest absolute Gasteiger partial charge is 0.0591 e. The van der Waals surface area contributed by atoms with Crippen molar-refractivity contribution < 1.29 is 4.74 Å².